The van der Waals surface area contributed by atoms with Gasteiger partial charge in [-0.3, -0.25) is 0 Å². The molecule has 3 rings (SSSR count). The van der Waals surface area contributed by atoms with Gasteiger partial charge in [0.1, 0.15) is 12.4 Å². The van der Waals surface area contributed by atoms with E-state index < -0.39 is 0 Å². The van der Waals surface area contributed by atoms with Gasteiger partial charge in [0.05, 0.1) is 6.61 Å². The predicted octanol–water partition coefficient (Wildman–Crippen LogP) is 4.82. The van der Waals surface area contributed by atoms with Gasteiger partial charge in [0.25, 0.3) is 0 Å². The summed E-state index contributed by atoms with van der Waals surface area (Å²) in [6.45, 7) is 3.44. The zero-order chi connectivity index (χ0) is 16.9. The molecule has 0 bridgehead atoms. The molecule has 1 N–H and O–H groups in total. The molecule has 1 aliphatic rings. The topological polar surface area (TPSA) is 30.5 Å². The Labute approximate surface area is 150 Å². The van der Waals surface area contributed by atoms with Crippen LogP contribution in [-0.4, -0.2) is 12.6 Å². The Kier molecular flexibility index (Phi) is 5.74. The van der Waals surface area contributed by atoms with Crippen molar-refractivity contribution in [2.75, 3.05) is 6.61 Å². The highest BCUT2D eigenvalue weighted by Gasteiger charge is 2.21. The second-order valence-corrected chi connectivity index (χ2v) is 6.71. The lowest BCUT2D eigenvalue weighted by Crippen LogP contribution is -2.15. The predicted molar refractivity (Wildman–Crippen MR) is 95.9 cm³/mol. The summed E-state index contributed by atoms with van der Waals surface area (Å²) in [5.41, 5.74) is 1.65. The van der Waals surface area contributed by atoms with Crippen molar-refractivity contribution in [3.63, 3.8) is 0 Å². The molecule has 1 fully saturated rings. The molecule has 0 unspecified atom stereocenters. The van der Waals surface area contributed by atoms with Crippen molar-refractivity contribution in [3.05, 3.63) is 57.8 Å². The second kappa shape index (κ2) is 7.99. The van der Waals surface area contributed by atoms with Crippen LogP contribution in [0.15, 0.2) is 40.9 Å². The van der Waals surface area contributed by atoms with E-state index in [9.17, 15) is 4.39 Å². The number of hydrogen-bond acceptors (Lipinski definition) is 3. The van der Waals surface area contributed by atoms with Crippen LogP contribution in [0, 0.1) is 5.82 Å². The van der Waals surface area contributed by atoms with Crippen LogP contribution in [0.3, 0.4) is 0 Å². The third-order valence-corrected chi connectivity index (χ3v) is 4.65. The number of nitrogens with one attached hydrogen (secondary N) is 1. The molecule has 1 saturated carbocycles. The highest BCUT2D eigenvalue weighted by atomic mass is 79.9. The Morgan fingerprint density at radius 1 is 1.12 bits per heavy atom. The molecule has 0 aromatic heterocycles. The quantitative estimate of drug-likeness (QED) is 0.697. The summed E-state index contributed by atoms with van der Waals surface area (Å²) in [6.07, 6.45) is 2.50. The lowest BCUT2D eigenvalue weighted by atomic mass is 10.2. The van der Waals surface area contributed by atoms with E-state index in [0.717, 1.165) is 16.6 Å². The average Bonchev–Trinajstić information content (AvgIpc) is 3.39. The Morgan fingerprint density at radius 2 is 1.88 bits per heavy atom. The Hall–Kier alpha value is -1.59. The van der Waals surface area contributed by atoms with Crippen LogP contribution in [0.5, 0.6) is 11.5 Å². The molecule has 0 aliphatic heterocycles. The van der Waals surface area contributed by atoms with Crippen molar-refractivity contribution in [1.82, 2.24) is 5.32 Å². The van der Waals surface area contributed by atoms with Gasteiger partial charge in [-0.15, -0.1) is 0 Å². The van der Waals surface area contributed by atoms with Crippen LogP contribution in [0.25, 0.3) is 0 Å². The van der Waals surface area contributed by atoms with Crippen molar-refractivity contribution in [2.24, 2.45) is 0 Å². The number of halogens is 2. The molecule has 0 spiro atoms. The number of hydrogen-bond donors (Lipinski definition) is 1. The minimum Gasteiger partial charge on any atom is -0.490 e. The number of benzene rings is 2. The van der Waals surface area contributed by atoms with Crippen molar-refractivity contribution in [2.45, 2.75) is 39.0 Å². The molecular formula is C19H21BrFNO2. The first-order valence-electron chi connectivity index (χ1n) is 8.22. The fourth-order valence-electron chi connectivity index (χ4n) is 2.41. The Bertz CT molecular complexity index is 704. The minimum absolute atomic E-state index is 0.166. The van der Waals surface area contributed by atoms with Crippen LogP contribution in [-0.2, 0) is 13.2 Å². The first-order chi connectivity index (χ1) is 11.7. The highest BCUT2D eigenvalue weighted by Crippen LogP contribution is 2.35. The van der Waals surface area contributed by atoms with E-state index in [1.54, 1.807) is 18.2 Å². The van der Waals surface area contributed by atoms with Crippen molar-refractivity contribution < 1.29 is 13.9 Å². The Morgan fingerprint density at radius 3 is 2.58 bits per heavy atom. The molecule has 2 aromatic carbocycles. The average molecular weight is 394 g/mol. The maximum atomic E-state index is 13.7. The monoisotopic (exact) mass is 393 g/mol. The SMILES string of the molecule is CCOc1cc(CNC2CC2)c(Br)cc1OCc1ccccc1F. The molecule has 0 saturated heterocycles. The zero-order valence-corrected chi connectivity index (χ0v) is 15.2. The van der Waals surface area contributed by atoms with Crippen LogP contribution in [0.1, 0.15) is 30.9 Å². The van der Waals surface area contributed by atoms with Gasteiger partial charge in [-0.05, 0) is 43.5 Å². The van der Waals surface area contributed by atoms with Crippen molar-refractivity contribution in [3.8, 4) is 11.5 Å². The number of rotatable bonds is 8. The van der Waals surface area contributed by atoms with E-state index in [1.807, 2.05) is 19.1 Å². The fourth-order valence-corrected chi connectivity index (χ4v) is 2.87. The standard InChI is InChI=1S/C19H21BrFNO2/c1-2-23-18-9-14(11-22-15-7-8-15)16(20)10-19(18)24-12-13-5-3-4-6-17(13)21/h3-6,9-10,15,22H,2,7-8,11-12H2,1H3. The highest BCUT2D eigenvalue weighted by molar-refractivity contribution is 9.10. The molecule has 5 heteroatoms. The molecule has 3 nitrogen and oxygen atoms in total. The molecule has 24 heavy (non-hydrogen) atoms. The van der Waals surface area contributed by atoms with E-state index in [0.29, 0.717) is 29.7 Å². The van der Waals surface area contributed by atoms with E-state index in [1.165, 1.54) is 18.9 Å². The van der Waals surface area contributed by atoms with Crippen LogP contribution in [0.4, 0.5) is 4.39 Å². The normalized spacial score (nSPS) is 13.8. The van der Waals surface area contributed by atoms with Gasteiger partial charge in [-0.2, -0.15) is 0 Å². The molecule has 0 atom stereocenters. The lowest BCUT2D eigenvalue weighted by molar-refractivity contribution is 0.265. The summed E-state index contributed by atoms with van der Waals surface area (Å²) in [7, 11) is 0. The maximum absolute atomic E-state index is 13.7. The molecule has 0 radical (unpaired) electrons. The van der Waals surface area contributed by atoms with E-state index in [2.05, 4.69) is 21.2 Å². The van der Waals surface area contributed by atoms with Crippen LogP contribution in [0.2, 0.25) is 0 Å². The van der Waals surface area contributed by atoms with Crippen LogP contribution < -0.4 is 14.8 Å². The fraction of sp³-hybridized carbons (Fsp3) is 0.368. The number of ether oxygens (including phenoxy) is 2. The molecule has 128 valence electrons. The van der Waals surface area contributed by atoms with Gasteiger partial charge >= 0.3 is 0 Å². The third kappa shape index (κ3) is 4.48. The van der Waals surface area contributed by atoms with Crippen molar-refractivity contribution in [1.29, 1.82) is 0 Å². The van der Waals surface area contributed by atoms with Gasteiger partial charge in [0.2, 0.25) is 0 Å². The van der Waals surface area contributed by atoms with Gasteiger partial charge in [-0.25, -0.2) is 4.39 Å². The van der Waals surface area contributed by atoms with Gasteiger partial charge in [-0.1, -0.05) is 34.1 Å². The van der Waals surface area contributed by atoms with Gasteiger partial charge in [0.15, 0.2) is 11.5 Å². The molecule has 2 aromatic rings. The maximum Gasteiger partial charge on any atom is 0.162 e. The van der Waals surface area contributed by atoms with E-state index in [-0.39, 0.29) is 12.4 Å². The smallest absolute Gasteiger partial charge is 0.162 e. The third-order valence-electron chi connectivity index (χ3n) is 3.91. The Balaban J connectivity index is 1.75. The van der Waals surface area contributed by atoms with Gasteiger partial charge < -0.3 is 14.8 Å². The summed E-state index contributed by atoms with van der Waals surface area (Å²) < 4.78 is 26.2. The van der Waals surface area contributed by atoms with Gasteiger partial charge in [0, 0.05) is 22.6 Å². The minimum atomic E-state index is -0.264. The van der Waals surface area contributed by atoms with Crippen LogP contribution >= 0.6 is 15.9 Å². The summed E-state index contributed by atoms with van der Waals surface area (Å²) in [5, 5.41) is 3.49. The van der Waals surface area contributed by atoms with Crippen molar-refractivity contribution >= 4 is 15.9 Å². The summed E-state index contributed by atoms with van der Waals surface area (Å²) in [4.78, 5) is 0. The molecule has 0 heterocycles. The largest absolute Gasteiger partial charge is 0.490 e. The molecular weight excluding hydrogens is 373 g/mol. The lowest BCUT2D eigenvalue weighted by Gasteiger charge is -2.15. The second-order valence-electron chi connectivity index (χ2n) is 5.86. The summed E-state index contributed by atoms with van der Waals surface area (Å²) >= 11 is 3.59. The summed E-state index contributed by atoms with van der Waals surface area (Å²) in [5.74, 6) is 1.03. The summed E-state index contributed by atoms with van der Waals surface area (Å²) in [6, 6.07) is 11.2. The first kappa shape index (κ1) is 17.2. The first-order valence-corrected chi connectivity index (χ1v) is 9.01. The molecule has 0 amide bonds. The zero-order valence-electron chi connectivity index (χ0n) is 13.6. The van der Waals surface area contributed by atoms with E-state index >= 15 is 0 Å². The molecule has 1 aliphatic carbocycles. The van der Waals surface area contributed by atoms with E-state index in [4.69, 9.17) is 9.47 Å².